The third kappa shape index (κ3) is 6.66. The summed E-state index contributed by atoms with van der Waals surface area (Å²) in [6, 6.07) is 25.8. The molecule has 260 valence electrons. The molecule has 0 aliphatic carbocycles. The Morgan fingerprint density at radius 2 is 0.549 bits per heavy atom. The van der Waals surface area contributed by atoms with Crippen molar-refractivity contribution in [2.75, 3.05) is 5.32 Å². The fraction of sp³-hybridized carbons (Fsp3) is 0.250. The van der Waals surface area contributed by atoms with E-state index in [1.807, 2.05) is 12.1 Å². The number of aromatic hydroxyl groups is 2. The maximum absolute atomic E-state index is 12.2. The van der Waals surface area contributed by atoms with E-state index in [0.29, 0.717) is 11.4 Å². The van der Waals surface area contributed by atoms with Crippen LogP contribution in [0.1, 0.15) is 66.8 Å². The number of rotatable bonds is 6. The van der Waals surface area contributed by atoms with Crippen LogP contribution in [0, 0.1) is 83.1 Å². The normalized spacial score (nSPS) is 11.3. The molecule has 0 bridgehead atoms. The van der Waals surface area contributed by atoms with Gasteiger partial charge in [0.15, 0.2) is 0 Å². The minimum Gasteiger partial charge on any atom is -0.505 e. The minimum absolute atomic E-state index is 0.146. The van der Waals surface area contributed by atoms with Crippen molar-refractivity contribution in [3.8, 4) is 56.0 Å². The Bertz CT molecular complexity index is 2120. The summed E-state index contributed by atoms with van der Waals surface area (Å²) in [5, 5.41) is 28.0. The lowest BCUT2D eigenvalue weighted by Crippen LogP contribution is -2.00. The molecule has 0 aromatic heterocycles. The van der Waals surface area contributed by atoms with Gasteiger partial charge in [0.25, 0.3) is 0 Å². The molecule has 0 radical (unpaired) electrons. The third-order valence-corrected chi connectivity index (χ3v) is 10.3. The molecule has 6 rings (SSSR count). The van der Waals surface area contributed by atoms with Crippen molar-refractivity contribution in [2.24, 2.45) is 0 Å². The number of anilines is 2. The summed E-state index contributed by atoms with van der Waals surface area (Å²) < 4.78 is 0. The van der Waals surface area contributed by atoms with E-state index in [0.717, 1.165) is 66.8 Å². The number of phenolic OH excluding ortho intramolecular Hbond substituents is 2. The van der Waals surface area contributed by atoms with Crippen LogP contribution in [0.15, 0.2) is 72.8 Å². The zero-order valence-electron chi connectivity index (χ0n) is 32.3. The van der Waals surface area contributed by atoms with E-state index in [4.69, 9.17) is 0 Å². The summed E-state index contributed by atoms with van der Waals surface area (Å²) in [6.07, 6.45) is 0. The van der Waals surface area contributed by atoms with Crippen molar-refractivity contribution in [1.29, 1.82) is 0 Å². The third-order valence-electron chi connectivity index (χ3n) is 10.3. The Morgan fingerprint density at radius 1 is 0.314 bits per heavy atom. The average molecular weight is 674 g/mol. The predicted octanol–water partition coefficient (Wildman–Crippen LogP) is 13.2. The first-order chi connectivity index (χ1) is 24.0. The van der Waals surface area contributed by atoms with Gasteiger partial charge in [-0.15, -0.1) is 0 Å². The Kier molecular flexibility index (Phi) is 9.37. The van der Waals surface area contributed by atoms with Gasteiger partial charge in [-0.25, -0.2) is 0 Å². The molecule has 6 aromatic carbocycles. The van der Waals surface area contributed by atoms with Crippen LogP contribution in [-0.2, 0) is 0 Å². The highest BCUT2D eigenvalue weighted by atomic mass is 16.3. The quantitative estimate of drug-likeness (QED) is 0.154. The van der Waals surface area contributed by atoms with Crippen LogP contribution in [0.5, 0.6) is 11.5 Å². The summed E-state index contributed by atoms with van der Waals surface area (Å²) in [4.78, 5) is 0. The van der Waals surface area contributed by atoms with E-state index in [9.17, 15) is 10.2 Å². The van der Waals surface area contributed by atoms with E-state index in [1.165, 1.54) is 44.5 Å². The molecule has 0 saturated heterocycles. The van der Waals surface area contributed by atoms with E-state index in [1.54, 1.807) is 0 Å². The Hall–Kier alpha value is -5.28. The topological polar surface area (TPSA) is 52.5 Å². The molecule has 0 aliphatic heterocycles. The highest BCUT2D eigenvalue weighted by molar-refractivity contribution is 5.93. The average Bonchev–Trinajstić information content (AvgIpc) is 2.99. The molecule has 0 heterocycles. The largest absolute Gasteiger partial charge is 0.505 e. The van der Waals surface area contributed by atoms with E-state index >= 15 is 0 Å². The van der Waals surface area contributed by atoms with Crippen LogP contribution in [0.25, 0.3) is 44.5 Å². The molecular formula is C48H51NO2. The van der Waals surface area contributed by atoms with Crippen molar-refractivity contribution in [3.63, 3.8) is 0 Å². The van der Waals surface area contributed by atoms with Crippen molar-refractivity contribution in [1.82, 2.24) is 0 Å². The fourth-order valence-corrected chi connectivity index (χ4v) is 8.75. The lowest BCUT2D eigenvalue weighted by Gasteiger charge is -2.22. The zero-order valence-corrected chi connectivity index (χ0v) is 32.3. The van der Waals surface area contributed by atoms with Crippen LogP contribution < -0.4 is 5.32 Å². The molecule has 0 saturated carbocycles. The summed E-state index contributed by atoms with van der Waals surface area (Å²) in [7, 11) is 0. The number of hydrogen-bond donors (Lipinski definition) is 3. The molecule has 0 unspecified atom stereocenters. The monoisotopic (exact) mass is 673 g/mol. The Balaban J connectivity index is 1.66. The SMILES string of the molecule is Cc1cc(C)c(-c2cc(Nc3cc(-c4c(C)cc(C)cc4C)cc(-c4c(C)cc(C)cc4C)c3O)c(O)c(-c3c(C)cc(C)cc3C)c2)c(C)c1. The summed E-state index contributed by atoms with van der Waals surface area (Å²) in [6.45, 7) is 25.5. The second kappa shape index (κ2) is 13.5. The number of nitrogens with one attached hydrogen (secondary N) is 1. The van der Waals surface area contributed by atoms with Gasteiger partial charge in [-0.2, -0.15) is 0 Å². The van der Waals surface area contributed by atoms with Crippen LogP contribution in [-0.4, -0.2) is 10.2 Å². The molecule has 51 heavy (non-hydrogen) atoms. The second-order valence-corrected chi connectivity index (χ2v) is 15.1. The molecule has 3 N–H and O–H groups in total. The number of aryl methyl sites for hydroxylation is 12. The molecule has 0 atom stereocenters. The second-order valence-electron chi connectivity index (χ2n) is 15.1. The van der Waals surface area contributed by atoms with E-state index in [-0.39, 0.29) is 11.5 Å². The maximum atomic E-state index is 12.2. The zero-order chi connectivity index (χ0) is 37.0. The van der Waals surface area contributed by atoms with Crippen molar-refractivity contribution >= 4 is 11.4 Å². The lowest BCUT2D eigenvalue weighted by atomic mass is 9.87. The van der Waals surface area contributed by atoms with Crippen LogP contribution >= 0.6 is 0 Å². The van der Waals surface area contributed by atoms with Crippen LogP contribution in [0.2, 0.25) is 0 Å². The van der Waals surface area contributed by atoms with Crippen LogP contribution in [0.4, 0.5) is 11.4 Å². The predicted molar refractivity (Wildman–Crippen MR) is 218 cm³/mol. The van der Waals surface area contributed by atoms with Crippen molar-refractivity contribution in [3.05, 3.63) is 140 Å². The first kappa shape index (κ1) is 35.5. The van der Waals surface area contributed by atoms with Gasteiger partial charge >= 0.3 is 0 Å². The standard InChI is InChI=1S/C48H51NO2/c1-25-13-29(5)43(30(6)14-25)37-21-39(45-33(9)17-27(3)18-34(45)10)47(50)41(23-37)49-42-24-38(44-31(7)15-26(2)16-32(44)8)22-40(48(42)51)46-35(11)19-28(4)20-36(46)12/h13-24,49-51H,1-12H3. The molecule has 0 aliphatic rings. The van der Waals surface area contributed by atoms with Crippen LogP contribution in [0.3, 0.4) is 0 Å². The first-order valence-electron chi connectivity index (χ1n) is 17.9. The van der Waals surface area contributed by atoms with Gasteiger partial charge in [-0.1, -0.05) is 70.8 Å². The fourth-order valence-electron chi connectivity index (χ4n) is 8.75. The molecule has 0 spiro atoms. The van der Waals surface area contributed by atoms with E-state index in [2.05, 4.69) is 149 Å². The summed E-state index contributed by atoms with van der Waals surface area (Å²) >= 11 is 0. The smallest absolute Gasteiger partial charge is 0.146 e. The highest BCUT2D eigenvalue weighted by Crippen LogP contribution is 2.48. The highest BCUT2D eigenvalue weighted by Gasteiger charge is 2.22. The maximum Gasteiger partial charge on any atom is 0.146 e. The first-order valence-corrected chi connectivity index (χ1v) is 17.9. The lowest BCUT2D eigenvalue weighted by molar-refractivity contribution is 0.477. The van der Waals surface area contributed by atoms with Gasteiger partial charge in [-0.05, 0) is 185 Å². The van der Waals surface area contributed by atoms with Gasteiger partial charge in [0, 0.05) is 11.1 Å². The number of hydrogen-bond acceptors (Lipinski definition) is 3. The Morgan fingerprint density at radius 3 is 0.804 bits per heavy atom. The van der Waals surface area contributed by atoms with E-state index < -0.39 is 0 Å². The van der Waals surface area contributed by atoms with Gasteiger partial charge in [0.1, 0.15) is 11.5 Å². The van der Waals surface area contributed by atoms with Gasteiger partial charge < -0.3 is 15.5 Å². The number of benzene rings is 6. The Labute approximate surface area is 304 Å². The molecule has 6 aromatic rings. The minimum atomic E-state index is 0.146. The molecule has 3 heteroatoms. The molecule has 3 nitrogen and oxygen atoms in total. The number of phenols is 2. The molecule has 0 fully saturated rings. The van der Waals surface area contributed by atoms with Crippen molar-refractivity contribution in [2.45, 2.75) is 83.1 Å². The molecular weight excluding hydrogens is 623 g/mol. The summed E-state index contributed by atoms with van der Waals surface area (Å²) in [5.74, 6) is 0.293. The molecule has 0 amide bonds. The van der Waals surface area contributed by atoms with Crippen molar-refractivity contribution < 1.29 is 10.2 Å². The summed E-state index contributed by atoms with van der Waals surface area (Å²) in [5.41, 5.74) is 22.8. The van der Waals surface area contributed by atoms with Gasteiger partial charge in [0.2, 0.25) is 0 Å². The van der Waals surface area contributed by atoms with Gasteiger partial charge in [0.05, 0.1) is 11.4 Å². The van der Waals surface area contributed by atoms with Gasteiger partial charge in [-0.3, -0.25) is 0 Å².